The standard InChI is InChI=1S/C25H27NO4/c27-18-25(29)22(17-26-23-12-14-30-15-13-23)16-24(28)21-10-8-20(9-11-21)7-6-19-4-2-1-3-5-19/h1-5,8-11,22-23,26-27H,12-18H2/t22-/m0/s1. The van der Waals surface area contributed by atoms with Gasteiger partial charge in [0, 0.05) is 54.8 Å². The summed E-state index contributed by atoms with van der Waals surface area (Å²) in [7, 11) is 0. The number of rotatable bonds is 8. The molecule has 2 N–H and O–H groups in total. The van der Waals surface area contributed by atoms with E-state index in [4.69, 9.17) is 4.74 Å². The highest BCUT2D eigenvalue weighted by atomic mass is 16.5. The Bertz CT molecular complexity index is 890. The molecule has 2 aromatic rings. The van der Waals surface area contributed by atoms with Gasteiger partial charge in [-0.25, -0.2) is 0 Å². The van der Waals surface area contributed by atoms with Crippen molar-refractivity contribution in [1.29, 1.82) is 0 Å². The predicted molar refractivity (Wildman–Crippen MR) is 115 cm³/mol. The summed E-state index contributed by atoms with van der Waals surface area (Å²) in [4.78, 5) is 24.8. The monoisotopic (exact) mass is 405 g/mol. The number of aliphatic hydroxyl groups excluding tert-OH is 1. The Hall–Kier alpha value is -2.78. The molecule has 156 valence electrons. The molecule has 1 atom stereocenters. The van der Waals surface area contributed by atoms with Crippen LogP contribution in [-0.4, -0.2) is 49.1 Å². The van der Waals surface area contributed by atoms with Gasteiger partial charge in [0.15, 0.2) is 11.6 Å². The van der Waals surface area contributed by atoms with Crippen LogP contribution in [0, 0.1) is 17.8 Å². The molecule has 1 aliphatic heterocycles. The molecule has 0 unspecified atom stereocenters. The van der Waals surface area contributed by atoms with Crippen molar-refractivity contribution in [3.05, 3.63) is 71.3 Å². The van der Waals surface area contributed by atoms with Gasteiger partial charge in [0.25, 0.3) is 0 Å². The maximum atomic E-state index is 12.7. The van der Waals surface area contributed by atoms with Gasteiger partial charge in [0.2, 0.25) is 0 Å². The number of benzene rings is 2. The van der Waals surface area contributed by atoms with Crippen molar-refractivity contribution in [2.45, 2.75) is 25.3 Å². The van der Waals surface area contributed by atoms with Crippen LogP contribution in [0.5, 0.6) is 0 Å². The molecule has 0 spiro atoms. The van der Waals surface area contributed by atoms with E-state index in [1.807, 2.05) is 42.5 Å². The molecule has 0 aliphatic carbocycles. The number of Topliss-reactive ketones (excluding diaryl/α,β-unsaturated/α-hetero) is 2. The largest absolute Gasteiger partial charge is 0.389 e. The van der Waals surface area contributed by atoms with E-state index in [1.54, 1.807) is 12.1 Å². The van der Waals surface area contributed by atoms with E-state index in [9.17, 15) is 14.7 Å². The Kier molecular flexibility index (Phi) is 8.34. The summed E-state index contributed by atoms with van der Waals surface area (Å²) in [5.74, 6) is 5.21. The average Bonchev–Trinajstić information content (AvgIpc) is 2.81. The molecule has 5 heteroatoms. The number of aliphatic hydroxyl groups is 1. The molecule has 0 saturated carbocycles. The van der Waals surface area contributed by atoms with E-state index in [-0.39, 0.29) is 24.0 Å². The van der Waals surface area contributed by atoms with Crippen LogP contribution in [0.15, 0.2) is 54.6 Å². The third-order valence-electron chi connectivity index (χ3n) is 5.25. The SMILES string of the molecule is O=C(C[C@@H](CNC1CCOCC1)C(=O)CO)c1ccc(C#Cc2ccccc2)cc1. The van der Waals surface area contributed by atoms with Crippen LogP contribution in [0.4, 0.5) is 0 Å². The molecule has 30 heavy (non-hydrogen) atoms. The third kappa shape index (κ3) is 6.64. The fourth-order valence-electron chi connectivity index (χ4n) is 3.39. The van der Waals surface area contributed by atoms with Crippen molar-refractivity contribution in [2.75, 3.05) is 26.4 Å². The first-order chi connectivity index (χ1) is 14.7. The molecular weight excluding hydrogens is 378 g/mol. The molecule has 1 saturated heterocycles. The number of carbonyl (C=O) groups is 2. The molecule has 3 rings (SSSR count). The van der Waals surface area contributed by atoms with Crippen LogP contribution in [0.2, 0.25) is 0 Å². The van der Waals surface area contributed by atoms with Gasteiger partial charge in [-0.1, -0.05) is 42.2 Å². The lowest BCUT2D eigenvalue weighted by molar-refractivity contribution is -0.125. The Labute approximate surface area is 177 Å². The summed E-state index contributed by atoms with van der Waals surface area (Å²) in [6, 6.07) is 17.1. The third-order valence-corrected chi connectivity index (χ3v) is 5.25. The Morgan fingerprint density at radius 3 is 2.27 bits per heavy atom. The normalized spacial score (nSPS) is 15.1. The molecular formula is C25H27NO4. The molecule has 0 bridgehead atoms. The summed E-state index contributed by atoms with van der Waals surface area (Å²) in [6.45, 7) is 1.24. The van der Waals surface area contributed by atoms with Crippen LogP contribution in [0.1, 0.15) is 40.7 Å². The van der Waals surface area contributed by atoms with Crippen molar-refractivity contribution in [1.82, 2.24) is 5.32 Å². The summed E-state index contributed by atoms with van der Waals surface area (Å²) < 4.78 is 5.34. The molecule has 5 nitrogen and oxygen atoms in total. The summed E-state index contributed by atoms with van der Waals surface area (Å²) >= 11 is 0. The van der Waals surface area contributed by atoms with Crippen molar-refractivity contribution < 1.29 is 19.4 Å². The highest BCUT2D eigenvalue weighted by Gasteiger charge is 2.23. The fraction of sp³-hybridized carbons (Fsp3) is 0.360. The first-order valence-electron chi connectivity index (χ1n) is 10.3. The Balaban J connectivity index is 1.59. The van der Waals surface area contributed by atoms with Crippen LogP contribution in [0.25, 0.3) is 0 Å². The number of hydrogen-bond acceptors (Lipinski definition) is 5. The van der Waals surface area contributed by atoms with Gasteiger partial charge in [-0.2, -0.15) is 0 Å². The maximum absolute atomic E-state index is 12.7. The average molecular weight is 405 g/mol. The first kappa shape index (κ1) is 21.9. The van der Waals surface area contributed by atoms with E-state index in [0.29, 0.717) is 25.3 Å². The highest BCUT2D eigenvalue weighted by molar-refractivity contribution is 5.99. The van der Waals surface area contributed by atoms with Crippen molar-refractivity contribution in [3.8, 4) is 11.8 Å². The molecule has 1 fully saturated rings. The minimum atomic E-state index is -0.554. The second kappa shape index (κ2) is 11.4. The van der Waals surface area contributed by atoms with Gasteiger partial charge in [0.1, 0.15) is 6.61 Å². The fourth-order valence-corrected chi connectivity index (χ4v) is 3.39. The predicted octanol–water partition coefficient (Wildman–Crippen LogP) is 2.61. The molecule has 1 heterocycles. The molecule has 0 aromatic heterocycles. The van der Waals surface area contributed by atoms with Gasteiger partial charge in [0.05, 0.1) is 0 Å². The highest BCUT2D eigenvalue weighted by Crippen LogP contribution is 2.14. The quantitative estimate of drug-likeness (QED) is 0.522. The van der Waals surface area contributed by atoms with Crippen LogP contribution in [0.3, 0.4) is 0 Å². The minimum absolute atomic E-state index is 0.0741. The number of carbonyl (C=O) groups excluding carboxylic acids is 2. The Morgan fingerprint density at radius 1 is 1.00 bits per heavy atom. The van der Waals surface area contributed by atoms with Gasteiger partial charge < -0.3 is 15.2 Å². The van der Waals surface area contributed by atoms with Gasteiger partial charge in [-0.15, -0.1) is 0 Å². The molecule has 2 aromatic carbocycles. The van der Waals surface area contributed by atoms with Gasteiger partial charge >= 0.3 is 0 Å². The number of nitrogens with one attached hydrogen (secondary N) is 1. The molecule has 0 radical (unpaired) electrons. The maximum Gasteiger partial charge on any atom is 0.163 e. The van der Waals surface area contributed by atoms with E-state index < -0.39 is 12.5 Å². The lowest BCUT2D eigenvalue weighted by Gasteiger charge is -2.25. The van der Waals surface area contributed by atoms with Crippen molar-refractivity contribution in [2.24, 2.45) is 5.92 Å². The zero-order chi connectivity index (χ0) is 21.2. The Morgan fingerprint density at radius 2 is 1.63 bits per heavy atom. The van der Waals surface area contributed by atoms with Crippen molar-refractivity contribution in [3.63, 3.8) is 0 Å². The lowest BCUT2D eigenvalue weighted by Crippen LogP contribution is -2.40. The second-order valence-electron chi connectivity index (χ2n) is 7.44. The van der Waals surface area contributed by atoms with E-state index >= 15 is 0 Å². The van der Waals surface area contributed by atoms with E-state index in [2.05, 4.69) is 17.2 Å². The van der Waals surface area contributed by atoms with E-state index in [0.717, 1.165) is 24.0 Å². The van der Waals surface area contributed by atoms with Crippen molar-refractivity contribution >= 4 is 11.6 Å². The van der Waals surface area contributed by atoms with Crippen LogP contribution < -0.4 is 5.32 Å². The smallest absolute Gasteiger partial charge is 0.163 e. The zero-order valence-electron chi connectivity index (χ0n) is 17.0. The van der Waals surface area contributed by atoms with Crippen LogP contribution in [-0.2, 0) is 9.53 Å². The van der Waals surface area contributed by atoms with Crippen LogP contribution >= 0.6 is 0 Å². The number of hydrogen-bond donors (Lipinski definition) is 2. The summed E-state index contributed by atoms with van der Waals surface area (Å²) in [5.41, 5.74) is 2.29. The second-order valence-corrected chi connectivity index (χ2v) is 7.44. The van der Waals surface area contributed by atoms with Gasteiger partial charge in [-0.05, 0) is 37.1 Å². The topological polar surface area (TPSA) is 75.6 Å². The molecule has 0 amide bonds. The van der Waals surface area contributed by atoms with Gasteiger partial charge in [-0.3, -0.25) is 9.59 Å². The number of ketones is 2. The van der Waals surface area contributed by atoms with E-state index in [1.165, 1.54) is 0 Å². The first-order valence-corrected chi connectivity index (χ1v) is 10.3. The zero-order valence-corrected chi connectivity index (χ0v) is 17.0. The number of ether oxygens (including phenoxy) is 1. The lowest BCUT2D eigenvalue weighted by atomic mass is 9.93. The molecule has 1 aliphatic rings. The minimum Gasteiger partial charge on any atom is -0.389 e. The summed E-state index contributed by atoms with van der Waals surface area (Å²) in [6.07, 6.45) is 1.85. The summed E-state index contributed by atoms with van der Waals surface area (Å²) in [5, 5.41) is 12.6.